The predicted molar refractivity (Wildman–Crippen MR) is 106 cm³/mol. The second kappa shape index (κ2) is 7.63. The lowest BCUT2D eigenvalue weighted by atomic mass is 10.0. The molecule has 0 aromatic heterocycles. The first kappa shape index (κ1) is 19.9. The highest BCUT2D eigenvalue weighted by Gasteiger charge is 2.34. The smallest absolute Gasteiger partial charge is 0.407 e. The molecule has 8 heteroatoms. The van der Waals surface area contributed by atoms with Crippen LogP contribution in [0.2, 0.25) is 0 Å². The van der Waals surface area contributed by atoms with E-state index in [-0.39, 0.29) is 10.8 Å². The Hall–Kier alpha value is -2.87. The van der Waals surface area contributed by atoms with Gasteiger partial charge in [0, 0.05) is 24.1 Å². The number of nitrogens with zero attached hydrogens (tertiary/aromatic N) is 1. The summed E-state index contributed by atoms with van der Waals surface area (Å²) in [7, 11) is -3.38. The van der Waals surface area contributed by atoms with Crippen LogP contribution in [0.25, 0.3) is 11.1 Å². The molecule has 2 aromatic carbocycles. The van der Waals surface area contributed by atoms with Crippen LogP contribution in [-0.2, 0) is 14.6 Å². The molecule has 148 valence electrons. The van der Waals surface area contributed by atoms with Crippen LogP contribution in [-0.4, -0.2) is 49.3 Å². The standard InChI is InChI=1S/C20H22N2O5S/c1-13-12-14(15-6-3-4-8-18(15)28(2,26)27)9-10-16(13)21-19(23)17-7-5-11-22(17)20(24)25/h3-4,6,8-10,12,17H,5,7,11H2,1-2H3,(H,21,23)(H,24,25). The number of benzene rings is 2. The highest BCUT2D eigenvalue weighted by Crippen LogP contribution is 2.30. The van der Waals surface area contributed by atoms with E-state index in [2.05, 4.69) is 5.32 Å². The molecule has 1 atom stereocenters. The van der Waals surface area contributed by atoms with Crippen LogP contribution in [0.15, 0.2) is 47.4 Å². The van der Waals surface area contributed by atoms with Gasteiger partial charge in [-0.3, -0.25) is 9.69 Å². The summed E-state index contributed by atoms with van der Waals surface area (Å²) in [6.07, 6.45) is 1.23. The predicted octanol–water partition coefficient (Wildman–Crippen LogP) is 3.15. The Balaban J connectivity index is 1.86. The summed E-state index contributed by atoms with van der Waals surface area (Å²) in [5.41, 5.74) is 2.65. The number of amides is 2. The summed E-state index contributed by atoms with van der Waals surface area (Å²) in [5.74, 6) is -0.354. The van der Waals surface area contributed by atoms with E-state index in [1.807, 2.05) is 13.0 Å². The number of likely N-dealkylation sites (tertiary alicyclic amines) is 1. The molecule has 0 saturated carbocycles. The number of carbonyl (C=O) groups is 2. The summed E-state index contributed by atoms with van der Waals surface area (Å²) in [4.78, 5) is 25.2. The van der Waals surface area contributed by atoms with Gasteiger partial charge in [0.05, 0.1) is 4.90 Å². The zero-order chi connectivity index (χ0) is 20.5. The van der Waals surface area contributed by atoms with Gasteiger partial charge >= 0.3 is 6.09 Å². The van der Waals surface area contributed by atoms with E-state index in [1.165, 1.54) is 6.26 Å². The Morgan fingerprint density at radius 1 is 1.18 bits per heavy atom. The molecule has 0 spiro atoms. The van der Waals surface area contributed by atoms with Gasteiger partial charge in [-0.15, -0.1) is 0 Å². The number of nitrogens with one attached hydrogen (secondary N) is 1. The van der Waals surface area contributed by atoms with Gasteiger partial charge in [-0.25, -0.2) is 13.2 Å². The lowest BCUT2D eigenvalue weighted by Crippen LogP contribution is -2.42. The van der Waals surface area contributed by atoms with Crippen LogP contribution in [0.3, 0.4) is 0 Å². The van der Waals surface area contributed by atoms with Crippen LogP contribution in [0.1, 0.15) is 18.4 Å². The number of anilines is 1. The maximum Gasteiger partial charge on any atom is 0.407 e. The van der Waals surface area contributed by atoms with Gasteiger partial charge in [-0.05, 0) is 49.1 Å². The second-order valence-corrected chi connectivity index (χ2v) is 8.91. The molecular formula is C20H22N2O5S. The third-order valence-corrected chi connectivity index (χ3v) is 6.04. The lowest BCUT2D eigenvalue weighted by molar-refractivity contribution is -0.119. The molecule has 1 aliphatic heterocycles. The molecule has 0 bridgehead atoms. The molecule has 2 N–H and O–H groups in total. The van der Waals surface area contributed by atoms with E-state index in [4.69, 9.17) is 0 Å². The molecule has 28 heavy (non-hydrogen) atoms. The highest BCUT2D eigenvalue weighted by molar-refractivity contribution is 7.90. The SMILES string of the molecule is Cc1cc(-c2ccccc2S(C)(=O)=O)ccc1NC(=O)C1CCCN1C(=O)O. The normalized spacial score (nSPS) is 16.8. The summed E-state index contributed by atoms with van der Waals surface area (Å²) in [5, 5.41) is 12.0. The average Bonchev–Trinajstić information content (AvgIpc) is 3.13. The highest BCUT2D eigenvalue weighted by atomic mass is 32.2. The minimum atomic E-state index is -3.38. The summed E-state index contributed by atoms with van der Waals surface area (Å²) < 4.78 is 24.1. The van der Waals surface area contributed by atoms with Gasteiger partial charge in [0.25, 0.3) is 0 Å². The van der Waals surface area contributed by atoms with Crippen LogP contribution in [0, 0.1) is 6.92 Å². The van der Waals surface area contributed by atoms with E-state index < -0.39 is 22.0 Å². The molecule has 2 aromatic rings. The van der Waals surface area contributed by atoms with Crippen molar-refractivity contribution in [1.29, 1.82) is 0 Å². The van der Waals surface area contributed by atoms with Crippen molar-refractivity contribution in [3.8, 4) is 11.1 Å². The van der Waals surface area contributed by atoms with Gasteiger partial charge < -0.3 is 10.4 Å². The molecule has 1 unspecified atom stereocenters. The molecule has 0 aliphatic carbocycles. The van der Waals surface area contributed by atoms with E-state index in [0.717, 1.165) is 16.0 Å². The first-order chi connectivity index (χ1) is 13.2. The van der Waals surface area contributed by atoms with E-state index in [1.54, 1.807) is 36.4 Å². The van der Waals surface area contributed by atoms with Crippen molar-refractivity contribution < 1.29 is 23.1 Å². The first-order valence-corrected chi connectivity index (χ1v) is 10.8. The zero-order valence-electron chi connectivity index (χ0n) is 15.7. The third kappa shape index (κ3) is 4.01. The molecule has 7 nitrogen and oxygen atoms in total. The van der Waals surface area contributed by atoms with E-state index in [0.29, 0.717) is 30.6 Å². The topological polar surface area (TPSA) is 104 Å². The Labute approximate surface area is 163 Å². The average molecular weight is 402 g/mol. The van der Waals surface area contributed by atoms with Gasteiger partial charge in [0.15, 0.2) is 9.84 Å². The quantitative estimate of drug-likeness (QED) is 0.818. The van der Waals surface area contributed by atoms with Crippen molar-refractivity contribution in [3.05, 3.63) is 48.0 Å². The minimum absolute atomic E-state index is 0.245. The molecule has 1 saturated heterocycles. The maximum absolute atomic E-state index is 12.5. The van der Waals surface area contributed by atoms with E-state index in [9.17, 15) is 23.1 Å². The van der Waals surface area contributed by atoms with Crippen molar-refractivity contribution in [2.75, 3.05) is 18.1 Å². The Morgan fingerprint density at radius 2 is 1.89 bits per heavy atom. The number of carbonyl (C=O) groups excluding carboxylic acids is 1. The van der Waals surface area contributed by atoms with Crippen molar-refractivity contribution in [1.82, 2.24) is 4.90 Å². The van der Waals surface area contributed by atoms with Crippen molar-refractivity contribution in [2.24, 2.45) is 0 Å². The van der Waals surface area contributed by atoms with Gasteiger partial charge in [-0.2, -0.15) is 0 Å². The molecule has 3 rings (SSSR count). The fourth-order valence-electron chi connectivity index (χ4n) is 3.48. The zero-order valence-corrected chi connectivity index (χ0v) is 16.5. The molecular weight excluding hydrogens is 380 g/mol. The third-order valence-electron chi connectivity index (χ3n) is 4.88. The lowest BCUT2D eigenvalue weighted by Gasteiger charge is -2.21. The number of sulfone groups is 1. The van der Waals surface area contributed by atoms with Crippen LogP contribution < -0.4 is 5.32 Å². The van der Waals surface area contributed by atoms with Crippen LogP contribution in [0.5, 0.6) is 0 Å². The van der Waals surface area contributed by atoms with Crippen molar-refractivity contribution in [2.45, 2.75) is 30.7 Å². The molecule has 1 fully saturated rings. The molecule has 1 aliphatic rings. The fraction of sp³-hybridized carbons (Fsp3) is 0.300. The van der Waals surface area contributed by atoms with Crippen LogP contribution >= 0.6 is 0 Å². The summed E-state index contributed by atoms with van der Waals surface area (Å²) in [6.45, 7) is 2.17. The number of hydrogen-bond donors (Lipinski definition) is 2. The van der Waals surface area contributed by atoms with Gasteiger partial charge in [-0.1, -0.05) is 24.3 Å². The van der Waals surface area contributed by atoms with Crippen molar-refractivity contribution in [3.63, 3.8) is 0 Å². The number of rotatable bonds is 4. The minimum Gasteiger partial charge on any atom is -0.465 e. The number of carboxylic acid groups (broad SMARTS) is 1. The molecule has 0 radical (unpaired) electrons. The summed E-state index contributed by atoms with van der Waals surface area (Å²) in [6, 6.07) is 11.3. The largest absolute Gasteiger partial charge is 0.465 e. The van der Waals surface area contributed by atoms with Crippen molar-refractivity contribution >= 4 is 27.5 Å². The fourth-order valence-corrected chi connectivity index (χ4v) is 4.40. The van der Waals surface area contributed by atoms with E-state index >= 15 is 0 Å². The summed E-state index contributed by atoms with van der Waals surface area (Å²) >= 11 is 0. The first-order valence-electron chi connectivity index (χ1n) is 8.89. The number of hydrogen-bond acceptors (Lipinski definition) is 4. The maximum atomic E-state index is 12.5. The molecule has 2 amide bonds. The second-order valence-electron chi connectivity index (χ2n) is 6.92. The Morgan fingerprint density at radius 3 is 2.54 bits per heavy atom. The molecule has 1 heterocycles. The van der Waals surface area contributed by atoms with Gasteiger partial charge in [0.2, 0.25) is 5.91 Å². The Kier molecular flexibility index (Phi) is 5.42. The monoisotopic (exact) mass is 402 g/mol. The number of aryl methyl sites for hydroxylation is 1. The van der Waals surface area contributed by atoms with Crippen LogP contribution in [0.4, 0.5) is 10.5 Å². The Bertz CT molecular complexity index is 1030. The van der Waals surface area contributed by atoms with Gasteiger partial charge in [0.1, 0.15) is 6.04 Å².